The average molecular weight is 277 g/mol. The highest BCUT2D eigenvalue weighted by Crippen LogP contribution is 2.26. The largest absolute Gasteiger partial charge is 0.336 e. The van der Waals surface area contributed by atoms with E-state index in [2.05, 4.69) is 10.1 Å². The summed E-state index contributed by atoms with van der Waals surface area (Å²) in [5, 5.41) is 4.87. The summed E-state index contributed by atoms with van der Waals surface area (Å²) >= 11 is 5.83. The molecule has 6 heteroatoms. The first-order valence-electron chi connectivity index (χ1n) is 6.10. The predicted molar refractivity (Wildman–Crippen MR) is 71.5 cm³/mol. The Morgan fingerprint density at radius 1 is 1.37 bits per heavy atom. The van der Waals surface area contributed by atoms with Gasteiger partial charge in [-0.2, -0.15) is 0 Å². The first-order valence-corrected chi connectivity index (χ1v) is 6.48. The van der Waals surface area contributed by atoms with Crippen molar-refractivity contribution in [2.75, 3.05) is 7.05 Å². The minimum Gasteiger partial charge on any atom is -0.336 e. The Morgan fingerprint density at radius 3 is 2.68 bits per heavy atom. The van der Waals surface area contributed by atoms with E-state index < -0.39 is 0 Å². The van der Waals surface area contributed by atoms with Gasteiger partial charge in [-0.1, -0.05) is 11.6 Å². The molecule has 1 aliphatic rings. The fourth-order valence-electron chi connectivity index (χ4n) is 1.86. The molecule has 1 aromatic heterocycles. The molecule has 98 valence electrons. The maximum atomic E-state index is 12.1. The molecular formula is C13H13ClN4O. The Kier molecular flexibility index (Phi) is 2.98. The summed E-state index contributed by atoms with van der Waals surface area (Å²) in [5.74, 6) is 0.0968. The summed E-state index contributed by atoms with van der Waals surface area (Å²) in [5.41, 5.74) is 0.824. The lowest BCUT2D eigenvalue weighted by atomic mass is 10.3. The monoisotopic (exact) mass is 276 g/mol. The van der Waals surface area contributed by atoms with Crippen LogP contribution in [0.2, 0.25) is 5.02 Å². The molecule has 1 fully saturated rings. The third-order valence-electron chi connectivity index (χ3n) is 3.19. The van der Waals surface area contributed by atoms with Crippen LogP contribution in [0.4, 0.5) is 0 Å². The molecule has 5 nitrogen and oxygen atoms in total. The van der Waals surface area contributed by atoms with E-state index in [1.807, 2.05) is 12.1 Å². The van der Waals surface area contributed by atoms with Crippen LogP contribution in [0.25, 0.3) is 5.69 Å². The molecule has 0 bridgehead atoms. The lowest BCUT2D eigenvalue weighted by molar-refractivity contribution is 0.0773. The van der Waals surface area contributed by atoms with Gasteiger partial charge in [-0.3, -0.25) is 4.79 Å². The number of rotatable bonds is 3. The number of aromatic nitrogens is 3. The zero-order valence-corrected chi connectivity index (χ0v) is 11.2. The number of halogens is 1. The van der Waals surface area contributed by atoms with Crippen LogP contribution < -0.4 is 0 Å². The molecule has 0 radical (unpaired) electrons. The molecule has 2 aromatic rings. The van der Waals surface area contributed by atoms with Crippen molar-refractivity contribution in [3.8, 4) is 5.69 Å². The Labute approximate surface area is 115 Å². The summed E-state index contributed by atoms with van der Waals surface area (Å²) in [7, 11) is 1.79. The van der Waals surface area contributed by atoms with E-state index in [0.29, 0.717) is 11.1 Å². The van der Waals surface area contributed by atoms with Gasteiger partial charge < -0.3 is 4.90 Å². The van der Waals surface area contributed by atoms with Crippen molar-refractivity contribution >= 4 is 17.5 Å². The third kappa shape index (κ3) is 2.46. The van der Waals surface area contributed by atoms with Crippen molar-refractivity contribution in [1.82, 2.24) is 19.7 Å². The molecule has 1 heterocycles. The molecule has 1 amide bonds. The van der Waals surface area contributed by atoms with Crippen LogP contribution in [-0.4, -0.2) is 38.7 Å². The van der Waals surface area contributed by atoms with Gasteiger partial charge in [0, 0.05) is 18.1 Å². The van der Waals surface area contributed by atoms with Gasteiger partial charge in [0.25, 0.3) is 5.91 Å². The molecule has 19 heavy (non-hydrogen) atoms. The van der Waals surface area contributed by atoms with Crippen molar-refractivity contribution < 1.29 is 4.79 Å². The van der Waals surface area contributed by atoms with Gasteiger partial charge >= 0.3 is 0 Å². The van der Waals surface area contributed by atoms with Crippen LogP contribution in [-0.2, 0) is 0 Å². The van der Waals surface area contributed by atoms with E-state index in [4.69, 9.17) is 11.6 Å². The van der Waals surface area contributed by atoms with E-state index in [1.165, 1.54) is 6.33 Å². The molecule has 3 rings (SSSR count). The highest BCUT2D eigenvalue weighted by atomic mass is 35.5. The summed E-state index contributed by atoms with van der Waals surface area (Å²) < 4.78 is 1.57. The maximum absolute atomic E-state index is 12.1. The number of amides is 1. The summed E-state index contributed by atoms with van der Waals surface area (Å²) in [6, 6.07) is 7.56. The number of carbonyl (C=O) groups is 1. The van der Waals surface area contributed by atoms with E-state index in [0.717, 1.165) is 18.5 Å². The SMILES string of the molecule is CN(C(=O)c1ncn(-c2ccc(Cl)cc2)n1)C1CC1. The first kappa shape index (κ1) is 12.2. The lowest BCUT2D eigenvalue weighted by Gasteiger charge is -2.13. The van der Waals surface area contributed by atoms with Crippen molar-refractivity contribution in [1.29, 1.82) is 0 Å². The smallest absolute Gasteiger partial charge is 0.293 e. The molecule has 1 aromatic carbocycles. The van der Waals surface area contributed by atoms with Crippen LogP contribution in [0, 0.1) is 0 Å². The van der Waals surface area contributed by atoms with Gasteiger partial charge in [-0.25, -0.2) is 9.67 Å². The summed E-state index contributed by atoms with van der Waals surface area (Å²) in [4.78, 5) is 17.9. The quantitative estimate of drug-likeness (QED) is 0.863. The van der Waals surface area contributed by atoms with Crippen LogP contribution in [0.5, 0.6) is 0 Å². The number of nitrogens with zero attached hydrogens (tertiary/aromatic N) is 4. The van der Waals surface area contributed by atoms with Gasteiger partial charge in [0.05, 0.1) is 5.69 Å². The second kappa shape index (κ2) is 4.66. The van der Waals surface area contributed by atoms with E-state index >= 15 is 0 Å². The zero-order valence-electron chi connectivity index (χ0n) is 10.5. The van der Waals surface area contributed by atoms with Gasteiger partial charge in [-0.15, -0.1) is 5.10 Å². The van der Waals surface area contributed by atoms with Crippen molar-refractivity contribution in [2.24, 2.45) is 0 Å². The molecular weight excluding hydrogens is 264 g/mol. The van der Waals surface area contributed by atoms with Gasteiger partial charge in [0.1, 0.15) is 6.33 Å². The molecule has 0 atom stereocenters. The Morgan fingerprint density at radius 2 is 2.05 bits per heavy atom. The number of hydrogen-bond donors (Lipinski definition) is 0. The summed E-state index contributed by atoms with van der Waals surface area (Å²) in [6.45, 7) is 0. The molecule has 1 aliphatic carbocycles. The highest BCUT2D eigenvalue weighted by Gasteiger charge is 2.31. The van der Waals surface area contributed by atoms with Crippen LogP contribution in [0.3, 0.4) is 0 Å². The lowest BCUT2D eigenvalue weighted by Crippen LogP contribution is -2.29. The van der Waals surface area contributed by atoms with Crippen LogP contribution in [0.15, 0.2) is 30.6 Å². The molecule has 0 saturated heterocycles. The summed E-state index contributed by atoms with van der Waals surface area (Å²) in [6.07, 6.45) is 3.68. The van der Waals surface area contributed by atoms with E-state index in [-0.39, 0.29) is 11.7 Å². The van der Waals surface area contributed by atoms with E-state index in [1.54, 1.807) is 28.8 Å². The van der Waals surface area contributed by atoms with Crippen LogP contribution >= 0.6 is 11.6 Å². The molecule has 1 saturated carbocycles. The minimum absolute atomic E-state index is 0.129. The fourth-order valence-corrected chi connectivity index (χ4v) is 1.99. The Bertz CT molecular complexity index is 603. The predicted octanol–water partition coefficient (Wildman–Crippen LogP) is 2.16. The second-order valence-electron chi connectivity index (χ2n) is 4.64. The number of hydrogen-bond acceptors (Lipinski definition) is 3. The standard InChI is InChI=1S/C13H13ClN4O/c1-17(10-6-7-10)13(19)12-15-8-18(16-12)11-4-2-9(14)3-5-11/h2-5,8,10H,6-7H2,1H3. The third-order valence-corrected chi connectivity index (χ3v) is 3.44. The maximum Gasteiger partial charge on any atom is 0.293 e. The van der Waals surface area contributed by atoms with Crippen LogP contribution in [0.1, 0.15) is 23.5 Å². The van der Waals surface area contributed by atoms with Crippen molar-refractivity contribution in [3.63, 3.8) is 0 Å². The average Bonchev–Trinajstić information content (AvgIpc) is 3.16. The number of benzene rings is 1. The second-order valence-corrected chi connectivity index (χ2v) is 5.07. The normalized spacial score (nSPS) is 14.4. The molecule has 0 aliphatic heterocycles. The first-order chi connectivity index (χ1) is 9.15. The zero-order chi connectivity index (χ0) is 13.4. The van der Waals surface area contributed by atoms with Crippen molar-refractivity contribution in [2.45, 2.75) is 18.9 Å². The number of carbonyl (C=O) groups excluding carboxylic acids is 1. The van der Waals surface area contributed by atoms with Gasteiger partial charge in [-0.05, 0) is 37.1 Å². The Balaban J connectivity index is 1.82. The topological polar surface area (TPSA) is 51.0 Å². The molecule has 0 N–H and O–H groups in total. The molecule has 0 spiro atoms. The molecule has 0 unspecified atom stereocenters. The fraction of sp³-hybridized carbons (Fsp3) is 0.308. The van der Waals surface area contributed by atoms with E-state index in [9.17, 15) is 4.79 Å². The highest BCUT2D eigenvalue weighted by molar-refractivity contribution is 6.30. The van der Waals surface area contributed by atoms with Gasteiger partial charge in [0.15, 0.2) is 0 Å². The Hall–Kier alpha value is -1.88. The van der Waals surface area contributed by atoms with Gasteiger partial charge in [0.2, 0.25) is 5.82 Å². The van der Waals surface area contributed by atoms with Crippen molar-refractivity contribution in [3.05, 3.63) is 41.4 Å². The minimum atomic E-state index is -0.129.